The largest absolute Gasteiger partial charge is 0.463 e. The molecule has 1 amide bonds. The molecule has 2 heterocycles. The summed E-state index contributed by atoms with van der Waals surface area (Å²) in [6, 6.07) is 5.06. The molecule has 0 unspecified atom stereocenters. The number of carbonyl (C=O) groups excluding carboxylic acids is 2. The Labute approximate surface area is 181 Å². The van der Waals surface area contributed by atoms with Crippen molar-refractivity contribution in [2.24, 2.45) is 0 Å². The lowest BCUT2D eigenvalue weighted by atomic mass is 10.2. The fourth-order valence-electron chi connectivity index (χ4n) is 3.06. The zero-order valence-corrected chi connectivity index (χ0v) is 18.1. The third kappa shape index (κ3) is 5.10. The van der Waals surface area contributed by atoms with Crippen LogP contribution in [0.2, 0.25) is 10.0 Å². The molecule has 1 aromatic carbocycles. The van der Waals surface area contributed by atoms with Crippen LogP contribution >= 0.6 is 34.5 Å². The van der Waals surface area contributed by atoms with Gasteiger partial charge in [-0.2, -0.15) is 0 Å². The van der Waals surface area contributed by atoms with Crippen LogP contribution < -0.4 is 14.8 Å². The highest BCUT2D eigenvalue weighted by atomic mass is 35.5. The van der Waals surface area contributed by atoms with Gasteiger partial charge in [0.25, 0.3) is 5.56 Å². The molecule has 1 aliphatic heterocycles. The van der Waals surface area contributed by atoms with Crippen molar-refractivity contribution in [3.05, 3.63) is 53.4 Å². The summed E-state index contributed by atoms with van der Waals surface area (Å²) in [6.07, 6.45) is 4.72. The van der Waals surface area contributed by atoms with Crippen LogP contribution in [0, 0.1) is 0 Å². The number of ether oxygens (including phenoxy) is 1. The van der Waals surface area contributed by atoms with Crippen molar-refractivity contribution in [2.75, 3.05) is 19.7 Å². The minimum absolute atomic E-state index is 0.134. The molecule has 6 nitrogen and oxygen atoms in total. The first-order valence-electron chi connectivity index (χ1n) is 9.22. The van der Waals surface area contributed by atoms with E-state index in [1.165, 1.54) is 10.6 Å². The van der Waals surface area contributed by atoms with Gasteiger partial charge < -0.3 is 9.64 Å². The summed E-state index contributed by atoms with van der Waals surface area (Å²) in [5, 5.41) is 0.807. The number of rotatable bonds is 5. The van der Waals surface area contributed by atoms with Crippen molar-refractivity contribution in [3.8, 4) is 0 Å². The summed E-state index contributed by atoms with van der Waals surface area (Å²) in [5.41, 5.74) is 0.129. The number of hydrogen-bond donors (Lipinski definition) is 0. The number of halogens is 2. The van der Waals surface area contributed by atoms with Crippen molar-refractivity contribution in [1.29, 1.82) is 0 Å². The van der Waals surface area contributed by atoms with Gasteiger partial charge in [-0.25, -0.2) is 4.79 Å². The topological polar surface area (TPSA) is 68.6 Å². The lowest BCUT2D eigenvalue weighted by Gasteiger charge is -2.15. The lowest BCUT2D eigenvalue weighted by Crippen LogP contribution is -2.39. The Balaban J connectivity index is 2.10. The van der Waals surface area contributed by atoms with Crippen molar-refractivity contribution in [2.45, 2.75) is 26.3 Å². The molecule has 2 aromatic rings. The van der Waals surface area contributed by atoms with Crippen LogP contribution in [0.4, 0.5) is 0 Å². The maximum atomic E-state index is 13.0. The second kappa shape index (κ2) is 9.61. The Morgan fingerprint density at radius 1 is 1.21 bits per heavy atom. The van der Waals surface area contributed by atoms with E-state index >= 15 is 0 Å². The van der Waals surface area contributed by atoms with Gasteiger partial charge in [0.05, 0.1) is 17.2 Å². The van der Waals surface area contributed by atoms with Crippen LogP contribution in [-0.2, 0) is 20.9 Å². The summed E-state index contributed by atoms with van der Waals surface area (Å²) >= 11 is 13.5. The average molecular weight is 455 g/mol. The second-order valence-corrected chi connectivity index (χ2v) is 8.34. The number of benzene rings is 1. The molecule has 0 saturated carbocycles. The Morgan fingerprint density at radius 2 is 1.86 bits per heavy atom. The van der Waals surface area contributed by atoms with E-state index in [9.17, 15) is 14.4 Å². The number of likely N-dealkylation sites (tertiary alicyclic amines) is 1. The van der Waals surface area contributed by atoms with E-state index in [1.54, 1.807) is 36.1 Å². The minimum atomic E-state index is -0.571. The maximum Gasteiger partial charge on any atom is 0.333 e. The zero-order chi connectivity index (χ0) is 21.0. The Bertz CT molecular complexity index is 1080. The van der Waals surface area contributed by atoms with Crippen LogP contribution in [0.25, 0.3) is 12.2 Å². The Morgan fingerprint density at radius 3 is 2.48 bits per heavy atom. The van der Waals surface area contributed by atoms with E-state index < -0.39 is 5.97 Å². The van der Waals surface area contributed by atoms with Crippen LogP contribution in [0.5, 0.6) is 0 Å². The molecule has 154 valence electrons. The van der Waals surface area contributed by atoms with Gasteiger partial charge in [-0.05, 0) is 38.0 Å². The van der Waals surface area contributed by atoms with Crippen molar-refractivity contribution in [3.63, 3.8) is 0 Å². The van der Waals surface area contributed by atoms with Gasteiger partial charge in [0.15, 0.2) is 0 Å². The first-order valence-corrected chi connectivity index (χ1v) is 10.8. The standard InChI is InChI=1S/C20H20Cl2N2O4S/c1-2-28-19(26)11-18-24(12-17(25)23-8-3-4-9-23)20(27)16(29-18)10-13-14(21)6-5-7-15(13)22/h5-7,10-11H,2-4,8-9,12H2,1H3/b16-10-,18-11-. The summed E-state index contributed by atoms with van der Waals surface area (Å²) in [7, 11) is 0. The number of hydrogen-bond acceptors (Lipinski definition) is 5. The van der Waals surface area contributed by atoms with Gasteiger partial charge >= 0.3 is 5.97 Å². The molecule has 0 radical (unpaired) electrons. The van der Waals surface area contributed by atoms with Crippen LogP contribution in [-0.4, -0.2) is 41.0 Å². The van der Waals surface area contributed by atoms with Crippen molar-refractivity contribution < 1.29 is 14.3 Å². The molecule has 1 aromatic heterocycles. The zero-order valence-electron chi connectivity index (χ0n) is 15.8. The van der Waals surface area contributed by atoms with Gasteiger partial charge in [-0.15, -0.1) is 11.3 Å². The van der Waals surface area contributed by atoms with E-state index in [2.05, 4.69) is 0 Å². The fraction of sp³-hybridized carbons (Fsp3) is 0.350. The molecule has 3 rings (SSSR count). The molecular formula is C20H20Cl2N2O4S. The third-order valence-electron chi connectivity index (χ3n) is 4.49. The first-order chi connectivity index (χ1) is 13.9. The maximum absolute atomic E-state index is 13.0. The predicted octanol–water partition coefficient (Wildman–Crippen LogP) is 2.01. The highest BCUT2D eigenvalue weighted by molar-refractivity contribution is 7.07. The summed E-state index contributed by atoms with van der Waals surface area (Å²) < 4.78 is 6.93. The van der Waals surface area contributed by atoms with E-state index in [4.69, 9.17) is 27.9 Å². The smallest absolute Gasteiger partial charge is 0.333 e. The highest BCUT2D eigenvalue weighted by Crippen LogP contribution is 2.24. The fourth-order valence-corrected chi connectivity index (χ4v) is 4.58. The summed E-state index contributed by atoms with van der Waals surface area (Å²) in [6.45, 7) is 3.14. The molecule has 0 atom stereocenters. The molecule has 1 aliphatic rings. The monoisotopic (exact) mass is 454 g/mol. The van der Waals surface area contributed by atoms with Crippen molar-refractivity contribution in [1.82, 2.24) is 9.47 Å². The number of carbonyl (C=O) groups is 2. The normalized spacial score (nSPS) is 15.2. The Kier molecular flexibility index (Phi) is 7.16. The van der Waals surface area contributed by atoms with Crippen molar-refractivity contribution >= 4 is 58.6 Å². The molecule has 29 heavy (non-hydrogen) atoms. The number of nitrogens with zero attached hydrogens (tertiary/aromatic N) is 2. The van der Waals surface area contributed by atoms with Gasteiger partial charge in [0.2, 0.25) is 5.91 Å². The lowest BCUT2D eigenvalue weighted by molar-refractivity contribution is -0.135. The summed E-state index contributed by atoms with van der Waals surface area (Å²) in [5.74, 6) is -0.721. The van der Waals surface area contributed by atoms with Gasteiger partial charge in [-0.1, -0.05) is 29.3 Å². The number of amides is 1. The molecule has 0 N–H and O–H groups in total. The van der Waals surface area contributed by atoms with E-state index in [1.807, 2.05) is 0 Å². The van der Waals surface area contributed by atoms with Gasteiger partial charge in [0, 0.05) is 28.7 Å². The average Bonchev–Trinajstić information content (AvgIpc) is 3.30. The minimum Gasteiger partial charge on any atom is -0.463 e. The highest BCUT2D eigenvalue weighted by Gasteiger charge is 2.20. The number of aromatic nitrogens is 1. The van der Waals surface area contributed by atoms with E-state index in [0.29, 0.717) is 37.9 Å². The second-order valence-electron chi connectivity index (χ2n) is 6.46. The molecule has 9 heteroatoms. The summed E-state index contributed by atoms with van der Waals surface area (Å²) in [4.78, 5) is 39.3. The molecule has 1 saturated heterocycles. The van der Waals surface area contributed by atoms with E-state index in [-0.39, 0.29) is 24.6 Å². The molecular weight excluding hydrogens is 435 g/mol. The molecule has 0 bridgehead atoms. The molecule has 1 fully saturated rings. The molecule has 0 spiro atoms. The Hall–Kier alpha value is -2.09. The first kappa shape index (κ1) is 21.6. The third-order valence-corrected chi connectivity index (χ3v) is 6.21. The predicted molar refractivity (Wildman–Crippen MR) is 115 cm³/mol. The van der Waals surface area contributed by atoms with E-state index in [0.717, 1.165) is 24.2 Å². The van der Waals surface area contributed by atoms with Crippen LogP contribution in [0.3, 0.4) is 0 Å². The number of thiazole rings is 1. The van der Waals surface area contributed by atoms with Crippen LogP contribution in [0.15, 0.2) is 23.0 Å². The van der Waals surface area contributed by atoms with Gasteiger partial charge in [0.1, 0.15) is 11.2 Å². The molecule has 0 aliphatic carbocycles. The quantitative estimate of drug-likeness (QED) is 0.647. The SMILES string of the molecule is CCOC(=O)/C=c1\s/c(=C\c2c(Cl)cccc2Cl)c(=O)n1CC(=O)N1CCCC1. The van der Waals surface area contributed by atoms with Crippen LogP contribution in [0.1, 0.15) is 25.3 Å². The number of esters is 1. The van der Waals surface area contributed by atoms with Gasteiger partial charge in [-0.3, -0.25) is 14.2 Å².